The zero-order valence-corrected chi connectivity index (χ0v) is 22.3. The molecule has 0 aromatic carbocycles. The molecular formula is C25H44O6Si. The maximum atomic E-state index is 12.7. The Morgan fingerprint density at radius 3 is 2.41 bits per heavy atom. The third-order valence-corrected chi connectivity index (χ3v) is 11.2. The molecule has 184 valence electrons. The van der Waals surface area contributed by atoms with E-state index in [0.29, 0.717) is 6.42 Å². The van der Waals surface area contributed by atoms with Crippen molar-refractivity contribution >= 4 is 20.1 Å². The predicted molar refractivity (Wildman–Crippen MR) is 130 cm³/mol. The van der Waals surface area contributed by atoms with Crippen LogP contribution in [0.25, 0.3) is 0 Å². The van der Waals surface area contributed by atoms with Crippen LogP contribution in [0.15, 0.2) is 24.3 Å². The molecule has 1 aliphatic rings. The summed E-state index contributed by atoms with van der Waals surface area (Å²) < 4.78 is 21.7. The molecule has 0 spiro atoms. The molecule has 1 saturated carbocycles. The summed E-state index contributed by atoms with van der Waals surface area (Å²) in [5.74, 6) is -0.697. The van der Waals surface area contributed by atoms with E-state index in [1.165, 1.54) is 19.3 Å². The smallest absolute Gasteiger partial charge is 0.330 e. The maximum Gasteiger partial charge on any atom is 0.330 e. The summed E-state index contributed by atoms with van der Waals surface area (Å²) in [5.41, 5.74) is 0. The molecule has 32 heavy (non-hydrogen) atoms. The van der Waals surface area contributed by atoms with Gasteiger partial charge >= 0.3 is 5.97 Å². The molecule has 0 radical (unpaired) electrons. The molecule has 1 aliphatic carbocycles. The topological polar surface area (TPSA) is 71.1 Å². The molecule has 0 aliphatic heterocycles. The number of allylic oxidation sites excluding steroid dienone is 3. The van der Waals surface area contributed by atoms with Gasteiger partial charge in [0.2, 0.25) is 0 Å². The first-order valence-corrected chi connectivity index (χ1v) is 14.6. The number of ether oxygens (including phenoxy) is 3. The normalized spacial score (nSPS) is 23.2. The molecule has 4 atom stereocenters. The van der Waals surface area contributed by atoms with E-state index in [2.05, 4.69) is 57.7 Å². The highest BCUT2D eigenvalue weighted by Crippen LogP contribution is 2.38. The molecule has 0 unspecified atom stereocenters. The van der Waals surface area contributed by atoms with E-state index in [1.807, 2.05) is 0 Å². The van der Waals surface area contributed by atoms with Gasteiger partial charge in [0, 0.05) is 25.2 Å². The Labute approximate surface area is 195 Å². The van der Waals surface area contributed by atoms with Crippen molar-refractivity contribution in [3.63, 3.8) is 0 Å². The van der Waals surface area contributed by atoms with Gasteiger partial charge in [0.1, 0.15) is 6.79 Å². The molecule has 0 bridgehead atoms. The molecule has 0 saturated heterocycles. The molecular weight excluding hydrogens is 424 g/mol. The average molecular weight is 469 g/mol. The van der Waals surface area contributed by atoms with E-state index < -0.39 is 14.3 Å². The van der Waals surface area contributed by atoms with Crippen LogP contribution >= 0.6 is 0 Å². The quantitative estimate of drug-likeness (QED) is 0.0895. The lowest BCUT2D eigenvalue weighted by Gasteiger charge is -2.38. The Balaban J connectivity index is 2.60. The zero-order valence-electron chi connectivity index (χ0n) is 21.3. The standard InChI is InChI=1S/C25H44O6Si/c1-19(31-32(7,8)25(2,3)4)12-10-9-11-13-20-16-21(30-18-28-5)17-22(20)23(26)14-15-24(27)29-6/h11,13-15,19-22H,9-10,12,16-18H2,1-8H3/b13-11+,15-14+/t19-,20+,21-,22+/m0/s1. The summed E-state index contributed by atoms with van der Waals surface area (Å²) in [6.07, 6.45) is 11.5. The van der Waals surface area contributed by atoms with Crippen molar-refractivity contribution in [2.75, 3.05) is 21.0 Å². The van der Waals surface area contributed by atoms with Crippen LogP contribution in [-0.4, -0.2) is 53.3 Å². The minimum Gasteiger partial charge on any atom is -0.466 e. The monoisotopic (exact) mass is 468 g/mol. The summed E-state index contributed by atoms with van der Waals surface area (Å²) in [4.78, 5) is 24.0. The van der Waals surface area contributed by atoms with E-state index in [0.717, 1.165) is 25.7 Å². The fourth-order valence-corrected chi connectivity index (χ4v) is 5.21. The lowest BCUT2D eigenvalue weighted by molar-refractivity contribution is -0.135. The van der Waals surface area contributed by atoms with Crippen LogP contribution in [-0.2, 0) is 28.2 Å². The van der Waals surface area contributed by atoms with Gasteiger partial charge < -0.3 is 18.6 Å². The van der Waals surface area contributed by atoms with Crippen LogP contribution in [0, 0.1) is 11.8 Å². The molecule has 0 aromatic heterocycles. The molecule has 0 amide bonds. The van der Waals surface area contributed by atoms with Gasteiger partial charge in [-0.2, -0.15) is 0 Å². The van der Waals surface area contributed by atoms with Crippen molar-refractivity contribution in [2.24, 2.45) is 11.8 Å². The molecule has 0 N–H and O–H groups in total. The van der Waals surface area contributed by atoms with Gasteiger partial charge in [0.15, 0.2) is 14.1 Å². The summed E-state index contributed by atoms with van der Waals surface area (Å²) in [7, 11) is 1.15. The van der Waals surface area contributed by atoms with Gasteiger partial charge in [0.05, 0.1) is 13.2 Å². The number of hydrogen-bond acceptors (Lipinski definition) is 6. The Kier molecular flexibility index (Phi) is 12.1. The fraction of sp³-hybridized carbons (Fsp3) is 0.760. The third-order valence-electron chi connectivity index (χ3n) is 6.61. The predicted octanol–water partition coefficient (Wildman–Crippen LogP) is 5.44. The van der Waals surface area contributed by atoms with Gasteiger partial charge in [-0.3, -0.25) is 4.79 Å². The molecule has 0 heterocycles. The second-order valence-corrected chi connectivity index (χ2v) is 15.0. The first-order chi connectivity index (χ1) is 14.9. The number of unbranched alkanes of at least 4 members (excludes halogenated alkanes) is 1. The van der Waals surface area contributed by atoms with Gasteiger partial charge in [-0.05, 0) is 69.2 Å². The number of hydrogen-bond donors (Lipinski definition) is 0. The first kappa shape index (κ1) is 28.7. The first-order valence-electron chi connectivity index (χ1n) is 11.7. The Morgan fingerprint density at radius 2 is 1.81 bits per heavy atom. The molecule has 1 rings (SSSR count). The van der Waals surface area contributed by atoms with Crippen LogP contribution < -0.4 is 0 Å². The molecule has 1 fully saturated rings. The maximum absolute atomic E-state index is 12.7. The number of methoxy groups -OCH3 is 2. The van der Waals surface area contributed by atoms with E-state index in [1.54, 1.807) is 7.11 Å². The Morgan fingerprint density at radius 1 is 1.12 bits per heavy atom. The van der Waals surface area contributed by atoms with Crippen LogP contribution in [0.4, 0.5) is 0 Å². The molecule has 0 aromatic rings. The second-order valence-electron chi connectivity index (χ2n) is 10.2. The van der Waals surface area contributed by atoms with Gasteiger partial charge in [0.25, 0.3) is 0 Å². The number of carbonyl (C=O) groups excluding carboxylic acids is 2. The number of esters is 1. The highest BCUT2D eigenvalue weighted by molar-refractivity contribution is 6.74. The van der Waals surface area contributed by atoms with Crippen molar-refractivity contribution < 1.29 is 28.2 Å². The van der Waals surface area contributed by atoms with E-state index in [4.69, 9.17) is 13.9 Å². The average Bonchev–Trinajstić information content (AvgIpc) is 3.11. The summed E-state index contributed by atoms with van der Waals surface area (Å²) in [6.45, 7) is 13.7. The van der Waals surface area contributed by atoms with Crippen molar-refractivity contribution in [3.05, 3.63) is 24.3 Å². The fourth-order valence-electron chi connectivity index (χ4n) is 3.74. The van der Waals surface area contributed by atoms with Crippen LogP contribution in [0.5, 0.6) is 0 Å². The largest absolute Gasteiger partial charge is 0.466 e. The molecule has 7 heteroatoms. The minimum atomic E-state index is -1.74. The zero-order chi connectivity index (χ0) is 24.4. The summed E-state index contributed by atoms with van der Waals surface area (Å²) >= 11 is 0. The van der Waals surface area contributed by atoms with Crippen molar-refractivity contribution in [1.82, 2.24) is 0 Å². The minimum absolute atomic E-state index is 0.0249. The van der Waals surface area contributed by atoms with Crippen LogP contribution in [0.3, 0.4) is 0 Å². The van der Waals surface area contributed by atoms with E-state index >= 15 is 0 Å². The molecule has 6 nitrogen and oxygen atoms in total. The van der Waals surface area contributed by atoms with Gasteiger partial charge in [-0.1, -0.05) is 32.9 Å². The van der Waals surface area contributed by atoms with E-state index in [9.17, 15) is 9.59 Å². The van der Waals surface area contributed by atoms with Gasteiger partial charge in [-0.25, -0.2) is 4.79 Å². The van der Waals surface area contributed by atoms with Crippen molar-refractivity contribution in [2.45, 2.75) is 90.1 Å². The SMILES string of the molecule is COCO[C@H]1C[C@@H](/C=C/CCC[C@H](C)O[Si](C)(C)C(C)(C)C)[C@H](C(=O)/C=C/C(=O)OC)C1. The third kappa shape index (κ3) is 9.69. The van der Waals surface area contributed by atoms with Gasteiger partial charge in [-0.15, -0.1) is 0 Å². The lowest BCUT2D eigenvalue weighted by Crippen LogP contribution is -2.43. The van der Waals surface area contributed by atoms with Crippen molar-refractivity contribution in [1.29, 1.82) is 0 Å². The van der Waals surface area contributed by atoms with Crippen molar-refractivity contribution in [3.8, 4) is 0 Å². The Bertz CT molecular complexity index is 649. The number of carbonyl (C=O) groups is 2. The van der Waals surface area contributed by atoms with E-state index in [-0.39, 0.29) is 41.7 Å². The number of ketones is 1. The Hall–Kier alpha value is -1.28. The lowest BCUT2D eigenvalue weighted by atomic mass is 9.91. The summed E-state index contributed by atoms with van der Waals surface area (Å²) in [6, 6.07) is 0. The summed E-state index contributed by atoms with van der Waals surface area (Å²) in [5, 5.41) is 0.217. The van der Waals surface area contributed by atoms with Crippen LogP contribution in [0.2, 0.25) is 18.1 Å². The number of rotatable bonds is 13. The highest BCUT2D eigenvalue weighted by atomic mass is 28.4. The van der Waals surface area contributed by atoms with Crippen LogP contribution in [0.1, 0.15) is 59.8 Å². The second kappa shape index (κ2) is 13.4. The highest BCUT2D eigenvalue weighted by Gasteiger charge is 2.38.